The number of carbonyl (C=O) groups is 1. The lowest BCUT2D eigenvalue weighted by Gasteiger charge is -2.32. The molecule has 26 heavy (non-hydrogen) atoms. The fourth-order valence-electron chi connectivity index (χ4n) is 3.57. The molecule has 3 rings (SSSR count). The van der Waals surface area contributed by atoms with Crippen molar-refractivity contribution >= 4 is 17.3 Å². The Labute approximate surface area is 153 Å². The number of nitrogens with zero attached hydrogens (tertiary/aromatic N) is 2. The number of rotatable bonds is 5. The number of anilines is 1. The van der Waals surface area contributed by atoms with E-state index in [1.54, 1.807) is 6.07 Å². The number of nitrogens with one attached hydrogen (secondary N) is 1. The SMILES string of the molecule is Cc1ccc([N+](=O)[O-])cc1NC(=O)CN(C)C1CCCc2ccccc21. The van der Waals surface area contributed by atoms with Crippen molar-refractivity contribution in [2.45, 2.75) is 32.2 Å². The minimum absolute atomic E-state index is 0.0273. The lowest BCUT2D eigenvalue weighted by atomic mass is 9.87. The summed E-state index contributed by atoms with van der Waals surface area (Å²) in [6.45, 7) is 2.06. The van der Waals surface area contributed by atoms with Crippen molar-refractivity contribution in [2.75, 3.05) is 18.9 Å². The van der Waals surface area contributed by atoms with Gasteiger partial charge in [-0.05, 0) is 49.9 Å². The summed E-state index contributed by atoms with van der Waals surface area (Å²) in [6, 6.07) is 13.1. The molecule has 0 heterocycles. The van der Waals surface area contributed by atoms with Gasteiger partial charge in [-0.25, -0.2) is 0 Å². The molecule has 0 spiro atoms. The number of nitro groups is 1. The van der Waals surface area contributed by atoms with Crippen LogP contribution in [0.2, 0.25) is 0 Å². The van der Waals surface area contributed by atoms with E-state index < -0.39 is 4.92 Å². The van der Waals surface area contributed by atoms with Crippen molar-refractivity contribution in [1.29, 1.82) is 0 Å². The molecule has 1 unspecified atom stereocenters. The monoisotopic (exact) mass is 353 g/mol. The minimum Gasteiger partial charge on any atom is -0.324 e. The van der Waals surface area contributed by atoms with Gasteiger partial charge in [-0.3, -0.25) is 19.8 Å². The average molecular weight is 353 g/mol. The summed E-state index contributed by atoms with van der Waals surface area (Å²) >= 11 is 0. The third-order valence-electron chi connectivity index (χ3n) is 4.97. The molecule has 2 aromatic carbocycles. The van der Waals surface area contributed by atoms with Gasteiger partial charge in [0.2, 0.25) is 5.91 Å². The molecular weight excluding hydrogens is 330 g/mol. The van der Waals surface area contributed by atoms with Crippen LogP contribution >= 0.6 is 0 Å². The van der Waals surface area contributed by atoms with Gasteiger partial charge in [-0.15, -0.1) is 0 Å². The molecule has 1 aliphatic carbocycles. The number of non-ortho nitro benzene ring substituents is 1. The Bertz CT molecular complexity index is 835. The van der Waals surface area contributed by atoms with E-state index in [1.807, 2.05) is 20.0 Å². The summed E-state index contributed by atoms with van der Waals surface area (Å²) in [7, 11) is 1.95. The van der Waals surface area contributed by atoms with Crippen LogP contribution in [0.3, 0.4) is 0 Å². The lowest BCUT2D eigenvalue weighted by molar-refractivity contribution is -0.384. The second-order valence-corrected chi connectivity index (χ2v) is 6.83. The molecule has 6 heteroatoms. The molecule has 1 atom stereocenters. The zero-order chi connectivity index (χ0) is 18.7. The van der Waals surface area contributed by atoms with E-state index in [9.17, 15) is 14.9 Å². The van der Waals surface area contributed by atoms with Gasteiger partial charge < -0.3 is 5.32 Å². The first-order valence-corrected chi connectivity index (χ1v) is 8.78. The van der Waals surface area contributed by atoms with E-state index in [0.29, 0.717) is 5.69 Å². The smallest absolute Gasteiger partial charge is 0.271 e. The van der Waals surface area contributed by atoms with Gasteiger partial charge in [0, 0.05) is 18.2 Å². The summed E-state index contributed by atoms with van der Waals surface area (Å²) in [4.78, 5) is 25.0. The molecule has 0 aromatic heterocycles. The number of aryl methyl sites for hydroxylation is 2. The average Bonchev–Trinajstić information content (AvgIpc) is 2.62. The molecule has 1 aliphatic rings. The highest BCUT2D eigenvalue weighted by Gasteiger charge is 2.24. The van der Waals surface area contributed by atoms with Crippen LogP contribution in [0, 0.1) is 17.0 Å². The van der Waals surface area contributed by atoms with Gasteiger partial charge in [0.05, 0.1) is 17.2 Å². The normalized spacial score (nSPS) is 16.2. The molecule has 1 N–H and O–H groups in total. The van der Waals surface area contributed by atoms with Crippen LogP contribution in [0.5, 0.6) is 0 Å². The summed E-state index contributed by atoms with van der Waals surface area (Å²) in [5.41, 5.74) is 3.91. The largest absolute Gasteiger partial charge is 0.324 e. The number of fused-ring (bicyclic) bond motifs is 1. The molecule has 0 aliphatic heterocycles. The molecule has 0 saturated carbocycles. The van der Waals surface area contributed by atoms with Crippen LogP contribution in [0.15, 0.2) is 42.5 Å². The number of likely N-dealkylation sites (N-methyl/N-ethyl adjacent to an activating group) is 1. The van der Waals surface area contributed by atoms with E-state index in [-0.39, 0.29) is 24.2 Å². The van der Waals surface area contributed by atoms with Crippen molar-refractivity contribution in [2.24, 2.45) is 0 Å². The van der Waals surface area contributed by atoms with Gasteiger partial charge in [0.1, 0.15) is 0 Å². The predicted molar refractivity (Wildman–Crippen MR) is 101 cm³/mol. The lowest BCUT2D eigenvalue weighted by Crippen LogP contribution is -2.35. The van der Waals surface area contributed by atoms with E-state index >= 15 is 0 Å². The third kappa shape index (κ3) is 3.91. The Hall–Kier alpha value is -2.73. The van der Waals surface area contributed by atoms with Crippen LogP contribution in [0.25, 0.3) is 0 Å². The molecular formula is C20H23N3O3. The van der Waals surface area contributed by atoms with Gasteiger partial charge >= 0.3 is 0 Å². The maximum absolute atomic E-state index is 12.5. The number of benzene rings is 2. The minimum atomic E-state index is -0.458. The number of hydrogen-bond donors (Lipinski definition) is 1. The quantitative estimate of drug-likeness (QED) is 0.654. The van der Waals surface area contributed by atoms with Crippen LogP contribution in [0.1, 0.15) is 35.6 Å². The Kier molecular flexibility index (Phi) is 5.32. The van der Waals surface area contributed by atoms with E-state index in [4.69, 9.17) is 0 Å². The molecule has 2 aromatic rings. The molecule has 0 radical (unpaired) electrons. The van der Waals surface area contributed by atoms with Crippen LogP contribution in [-0.2, 0) is 11.2 Å². The second kappa shape index (κ2) is 7.66. The van der Waals surface area contributed by atoms with Gasteiger partial charge in [0.15, 0.2) is 0 Å². The van der Waals surface area contributed by atoms with Crippen LogP contribution in [-0.4, -0.2) is 29.3 Å². The first-order chi connectivity index (χ1) is 12.5. The molecule has 0 saturated heterocycles. The highest BCUT2D eigenvalue weighted by Crippen LogP contribution is 2.33. The van der Waals surface area contributed by atoms with E-state index in [0.717, 1.165) is 24.8 Å². The van der Waals surface area contributed by atoms with E-state index in [1.165, 1.54) is 23.3 Å². The molecule has 6 nitrogen and oxygen atoms in total. The van der Waals surface area contributed by atoms with Crippen molar-refractivity contribution in [3.05, 3.63) is 69.3 Å². The van der Waals surface area contributed by atoms with Crippen molar-refractivity contribution in [3.63, 3.8) is 0 Å². The highest BCUT2D eigenvalue weighted by atomic mass is 16.6. The number of hydrogen-bond acceptors (Lipinski definition) is 4. The summed E-state index contributed by atoms with van der Waals surface area (Å²) in [5, 5.41) is 13.8. The van der Waals surface area contributed by atoms with E-state index in [2.05, 4.69) is 28.4 Å². The Morgan fingerprint density at radius 1 is 1.31 bits per heavy atom. The Morgan fingerprint density at radius 2 is 2.08 bits per heavy atom. The number of carbonyl (C=O) groups excluding carboxylic acids is 1. The van der Waals surface area contributed by atoms with Gasteiger partial charge in [0.25, 0.3) is 5.69 Å². The number of amides is 1. The summed E-state index contributed by atoms with van der Waals surface area (Å²) in [6.07, 6.45) is 3.22. The topological polar surface area (TPSA) is 75.5 Å². The standard InChI is InChI=1S/C20H23N3O3/c1-14-10-11-16(23(25)26)12-18(14)21-20(24)13-22(2)19-9-5-7-15-6-3-4-8-17(15)19/h3-4,6,8,10-12,19H,5,7,9,13H2,1-2H3,(H,21,24). The number of nitro benzene ring substituents is 1. The van der Waals surface area contributed by atoms with Crippen LogP contribution in [0.4, 0.5) is 11.4 Å². The van der Waals surface area contributed by atoms with Gasteiger partial charge in [-0.1, -0.05) is 30.3 Å². The predicted octanol–water partition coefficient (Wildman–Crippen LogP) is 3.85. The zero-order valence-electron chi connectivity index (χ0n) is 15.1. The Balaban J connectivity index is 1.69. The van der Waals surface area contributed by atoms with Crippen LogP contribution < -0.4 is 5.32 Å². The Morgan fingerprint density at radius 3 is 2.85 bits per heavy atom. The van der Waals surface area contributed by atoms with Crippen molar-refractivity contribution < 1.29 is 9.72 Å². The second-order valence-electron chi connectivity index (χ2n) is 6.83. The molecule has 0 fully saturated rings. The van der Waals surface area contributed by atoms with Crippen molar-refractivity contribution in [3.8, 4) is 0 Å². The first kappa shape index (κ1) is 18.1. The maximum atomic E-state index is 12.5. The molecule has 1 amide bonds. The molecule has 0 bridgehead atoms. The van der Waals surface area contributed by atoms with Gasteiger partial charge in [-0.2, -0.15) is 0 Å². The fraction of sp³-hybridized carbons (Fsp3) is 0.350. The molecule has 136 valence electrons. The zero-order valence-corrected chi connectivity index (χ0v) is 15.1. The first-order valence-electron chi connectivity index (χ1n) is 8.78. The highest BCUT2D eigenvalue weighted by molar-refractivity contribution is 5.93. The van der Waals surface area contributed by atoms with Crippen molar-refractivity contribution in [1.82, 2.24) is 4.90 Å². The summed E-state index contributed by atoms with van der Waals surface area (Å²) < 4.78 is 0. The maximum Gasteiger partial charge on any atom is 0.271 e. The third-order valence-corrected chi connectivity index (χ3v) is 4.97. The summed E-state index contributed by atoms with van der Waals surface area (Å²) in [5.74, 6) is -0.167. The fourth-order valence-corrected chi connectivity index (χ4v) is 3.57.